The average molecular weight is 318 g/mol. The SMILES string of the molecule is CCCCCCCC(C)(CCCC)c1cc(C(F)(F)F)[nH]n1. The highest BCUT2D eigenvalue weighted by atomic mass is 19.4. The quantitative estimate of drug-likeness (QED) is 0.508. The number of hydrogen-bond donors (Lipinski definition) is 1. The van der Waals surface area contributed by atoms with Crippen LogP contribution in [-0.4, -0.2) is 10.2 Å². The second-order valence-corrected chi connectivity index (χ2v) is 6.49. The minimum absolute atomic E-state index is 0.262. The standard InChI is InChI=1S/C17H29F3N2/c1-4-6-8-9-10-12-16(3,11-7-5-2)14-13-15(22-21-14)17(18,19)20/h13H,4-12H2,1-3H3,(H,21,22). The molecule has 22 heavy (non-hydrogen) atoms. The lowest BCUT2D eigenvalue weighted by Crippen LogP contribution is -2.22. The van der Waals surface area contributed by atoms with Crippen molar-refractivity contribution in [3.05, 3.63) is 17.5 Å². The molecule has 1 rings (SSSR count). The van der Waals surface area contributed by atoms with E-state index in [2.05, 4.69) is 31.0 Å². The van der Waals surface area contributed by atoms with Gasteiger partial charge in [0.2, 0.25) is 0 Å². The van der Waals surface area contributed by atoms with Crippen LogP contribution in [0.5, 0.6) is 0 Å². The Bertz CT molecular complexity index is 426. The summed E-state index contributed by atoms with van der Waals surface area (Å²) >= 11 is 0. The van der Waals surface area contributed by atoms with Crippen molar-refractivity contribution in [3.63, 3.8) is 0 Å². The zero-order valence-electron chi connectivity index (χ0n) is 14.0. The first-order valence-corrected chi connectivity index (χ1v) is 8.46. The molecule has 1 aromatic heterocycles. The summed E-state index contributed by atoms with van der Waals surface area (Å²) in [4.78, 5) is 0. The van der Waals surface area contributed by atoms with Gasteiger partial charge in [-0.2, -0.15) is 18.3 Å². The molecule has 0 spiro atoms. The van der Waals surface area contributed by atoms with Crippen LogP contribution in [0, 0.1) is 0 Å². The Morgan fingerprint density at radius 2 is 1.55 bits per heavy atom. The molecule has 1 atom stereocenters. The summed E-state index contributed by atoms with van der Waals surface area (Å²) in [6, 6.07) is 1.20. The zero-order chi connectivity index (χ0) is 16.6. The van der Waals surface area contributed by atoms with Gasteiger partial charge in [-0.1, -0.05) is 65.7 Å². The van der Waals surface area contributed by atoms with E-state index in [4.69, 9.17) is 0 Å². The normalized spacial score (nSPS) is 15.0. The molecule has 1 N–H and O–H groups in total. The molecule has 0 aliphatic heterocycles. The highest BCUT2D eigenvalue weighted by molar-refractivity contribution is 5.20. The lowest BCUT2D eigenvalue weighted by atomic mass is 9.77. The van der Waals surface area contributed by atoms with Crippen molar-refractivity contribution in [2.45, 2.75) is 90.1 Å². The highest BCUT2D eigenvalue weighted by Gasteiger charge is 2.36. The molecule has 1 aromatic rings. The molecule has 0 bridgehead atoms. The Morgan fingerprint density at radius 1 is 0.955 bits per heavy atom. The molecule has 0 aromatic carbocycles. The Morgan fingerprint density at radius 3 is 2.09 bits per heavy atom. The Kier molecular flexibility index (Phi) is 7.43. The van der Waals surface area contributed by atoms with E-state index in [9.17, 15) is 13.2 Å². The summed E-state index contributed by atoms with van der Waals surface area (Å²) < 4.78 is 38.3. The van der Waals surface area contributed by atoms with Crippen LogP contribution >= 0.6 is 0 Å². The highest BCUT2D eigenvalue weighted by Crippen LogP contribution is 2.37. The third-order valence-electron chi connectivity index (χ3n) is 4.42. The van der Waals surface area contributed by atoms with Crippen LogP contribution in [0.25, 0.3) is 0 Å². The van der Waals surface area contributed by atoms with Crippen molar-refractivity contribution in [1.82, 2.24) is 10.2 Å². The van der Waals surface area contributed by atoms with Gasteiger partial charge >= 0.3 is 6.18 Å². The molecule has 0 aliphatic rings. The number of nitrogens with zero attached hydrogens (tertiary/aromatic N) is 1. The van der Waals surface area contributed by atoms with E-state index in [0.29, 0.717) is 5.69 Å². The lowest BCUT2D eigenvalue weighted by molar-refractivity contribution is -0.141. The molecule has 2 nitrogen and oxygen atoms in total. The minimum atomic E-state index is -4.35. The number of rotatable bonds is 10. The largest absolute Gasteiger partial charge is 0.432 e. The smallest absolute Gasteiger partial charge is 0.273 e. The van der Waals surface area contributed by atoms with Crippen molar-refractivity contribution < 1.29 is 13.2 Å². The van der Waals surface area contributed by atoms with Gasteiger partial charge in [0.25, 0.3) is 0 Å². The van der Waals surface area contributed by atoms with Crippen molar-refractivity contribution in [3.8, 4) is 0 Å². The van der Waals surface area contributed by atoms with Crippen LogP contribution in [-0.2, 0) is 11.6 Å². The van der Waals surface area contributed by atoms with Gasteiger partial charge in [0, 0.05) is 5.41 Å². The number of H-pyrrole nitrogens is 1. The molecule has 5 heteroatoms. The maximum absolute atomic E-state index is 12.8. The molecule has 0 radical (unpaired) electrons. The van der Waals surface area contributed by atoms with E-state index in [1.54, 1.807) is 0 Å². The maximum atomic E-state index is 12.8. The van der Waals surface area contributed by atoms with Gasteiger partial charge in [0.15, 0.2) is 0 Å². The van der Waals surface area contributed by atoms with Crippen LogP contribution < -0.4 is 0 Å². The Balaban J connectivity index is 2.75. The van der Waals surface area contributed by atoms with Gasteiger partial charge in [-0.15, -0.1) is 0 Å². The summed E-state index contributed by atoms with van der Waals surface area (Å²) in [5, 5.41) is 6.14. The molecule has 0 saturated carbocycles. The third-order valence-corrected chi connectivity index (χ3v) is 4.42. The lowest BCUT2D eigenvalue weighted by Gasteiger charge is -2.28. The van der Waals surface area contributed by atoms with Crippen LogP contribution in [0.1, 0.15) is 89.9 Å². The monoisotopic (exact) mass is 318 g/mol. The van der Waals surface area contributed by atoms with Crippen LogP contribution in [0.2, 0.25) is 0 Å². The molecule has 0 saturated heterocycles. The van der Waals surface area contributed by atoms with E-state index < -0.39 is 11.9 Å². The predicted octanol–water partition coefficient (Wildman–Crippen LogP) is 6.24. The fraction of sp³-hybridized carbons (Fsp3) is 0.824. The number of hydrogen-bond acceptors (Lipinski definition) is 1. The number of aromatic nitrogens is 2. The van der Waals surface area contributed by atoms with Gasteiger partial charge in [0.1, 0.15) is 5.69 Å². The third kappa shape index (κ3) is 5.65. The van der Waals surface area contributed by atoms with Crippen molar-refractivity contribution in [1.29, 1.82) is 0 Å². The van der Waals surface area contributed by atoms with Gasteiger partial charge in [-0.25, -0.2) is 0 Å². The maximum Gasteiger partial charge on any atom is 0.432 e. The summed E-state index contributed by atoms with van der Waals surface area (Å²) in [6.07, 6.45) is 5.32. The summed E-state index contributed by atoms with van der Waals surface area (Å²) in [6.45, 7) is 6.33. The van der Waals surface area contributed by atoms with E-state index in [-0.39, 0.29) is 5.41 Å². The van der Waals surface area contributed by atoms with Crippen molar-refractivity contribution in [2.75, 3.05) is 0 Å². The number of nitrogens with one attached hydrogen (secondary N) is 1. The summed E-state index contributed by atoms with van der Waals surface area (Å²) in [5.41, 5.74) is -0.442. The Labute approximate surface area is 131 Å². The Hall–Kier alpha value is -1.00. The average Bonchev–Trinajstić information content (AvgIpc) is 2.95. The van der Waals surface area contributed by atoms with E-state index in [1.165, 1.54) is 25.3 Å². The molecule has 0 amide bonds. The molecular weight excluding hydrogens is 289 g/mol. The van der Waals surface area contributed by atoms with E-state index in [0.717, 1.165) is 38.5 Å². The first kappa shape index (κ1) is 19.0. The molecule has 0 aliphatic carbocycles. The molecular formula is C17H29F3N2. The fourth-order valence-corrected chi connectivity index (χ4v) is 2.84. The second kappa shape index (κ2) is 8.59. The van der Waals surface area contributed by atoms with Gasteiger partial charge < -0.3 is 0 Å². The molecule has 128 valence electrons. The van der Waals surface area contributed by atoms with E-state index in [1.807, 2.05) is 0 Å². The molecule has 0 fully saturated rings. The number of unbranched alkanes of at least 4 members (excludes halogenated alkanes) is 5. The topological polar surface area (TPSA) is 28.7 Å². The van der Waals surface area contributed by atoms with Crippen molar-refractivity contribution in [2.24, 2.45) is 0 Å². The second-order valence-electron chi connectivity index (χ2n) is 6.49. The zero-order valence-corrected chi connectivity index (χ0v) is 14.0. The molecule has 1 heterocycles. The molecule has 1 unspecified atom stereocenters. The van der Waals surface area contributed by atoms with Crippen LogP contribution in [0.15, 0.2) is 6.07 Å². The van der Waals surface area contributed by atoms with Gasteiger partial charge in [0.05, 0.1) is 5.69 Å². The van der Waals surface area contributed by atoms with Crippen LogP contribution in [0.4, 0.5) is 13.2 Å². The van der Waals surface area contributed by atoms with Crippen LogP contribution in [0.3, 0.4) is 0 Å². The van der Waals surface area contributed by atoms with Crippen molar-refractivity contribution >= 4 is 0 Å². The first-order valence-electron chi connectivity index (χ1n) is 8.46. The summed E-state index contributed by atoms with van der Waals surface area (Å²) in [7, 11) is 0. The number of aromatic amines is 1. The number of alkyl halides is 3. The van der Waals surface area contributed by atoms with Gasteiger partial charge in [-0.05, 0) is 18.9 Å². The fourth-order valence-electron chi connectivity index (χ4n) is 2.84. The summed E-state index contributed by atoms with van der Waals surface area (Å²) in [5.74, 6) is 0. The van der Waals surface area contributed by atoms with E-state index >= 15 is 0 Å². The minimum Gasteiger partial charge on any atom is -0.273 e. The first-order chi connectivity index (χ1) is 10.3. The number of halogens is 3. The van der Waals surface area contributed by atoms with Gasteiger partial charge in [-0.3, -0.25) is 5.10 Å². The predicted molar refractivity (Wildman–Crippen MR) is 83.8 cm³/mol.